The molecule has 0 spiro atoms. The molecule has 0 aliphatic heterocycles. The van der Waals surface area contributed by atoms with E-state index in [1.54, 1.807) is 28.4 Å². The van der Waals surface area contributed by atoms with Crippen molar-refractivity contribution in [2.75, 3.05) is 28.4 Å². The molecule has 230 valence electrons. The Bertz CT molecular complexity index is 586. The molecule has 0 N–H and O–H groups in total. The van der Waals surface area contributed by atoms with E-state index in [1.165, 1.54) is 5.56 Å². The summed E-state index contributed by atoms with van der Waals surface area (Å²) in [6.07, 6.45) is 1.14. The van der Waals surface area contributed by atoms with Crippen LogP contribution in [0.3, 0.4) is 0 Å². The van der Waals surface area contributed by atoms with Gasteiger partial charge < -0.3 is 9.47 Å². The molecular weight excluding hydrogens is 476 g/mol. The molecule has 39 heavy (non-hydrogen) atoms. The first-order valence-electron chi connectivity index (χ1n) is 12.6. The highest BCUT2D eigenvalue weighted by molar-refractivity contribution is 5.13. The topological polar surface area (TPSA) is 18.5 Å². The Morgan fingerprint density at radius 1 is 0.410 bits per heavy atom. The van der Waals surface area contributed by atoms with E-state index in [4.69, 9.17) is 0 Å². The van der Waals surface area contributed by atoms with Crippen LogP contribution in [0.4, 0.5) is 0 Å². The second kappa shape index (κ2) is 40.1. The summed E-state index contributed by atoms with van der Waals surface area (Å²) in [5.41, 5.74) is 2.41. The van der Waals surface area contributed by atoms with Gasteiger partial charge in [0.2, 0.25) is 0 Å². The largest absolute Gasteiger partial charge is 0.388 e. The van der Waals surface area contributed by atoms with Gasteiger partial charge in [-0.15, -0.1) is 0 Å². The molecular formula is C37H70O2. The van der Waals surface area contributed by atoms with Gasteiger partial charge in [0.05, 0.1) is 0 Å². The van der Waals surface area contributed by atoms with Crippen LogP contribution in [0.15, 0.2) is 103 Å². The fraction of sp³-hybridized carbons (Fsp3) is 0.514. The van der Waals surface area contributed by atoms with Crippen molar-refractivity contribution in [3.63, 3.8) is 0 Å². The number of hydrogen-bond donors (Lipinski definition) is 0. The van der Waals surface area contributed by atoms with Crippen molar-refractivity contribution < 1.29 is 9.47 Å². The van der Waals surface area contributed by atoms with E-state index in [1.807, 2.05) is 78.9 Å². The van der Waals surface area contributed by atoms with E-state index in [-0.39, 0.29) is 22.3 Å². The summed E-state index contributed by atoms with van der Waals surface area (Å²) >= 11 is 0. The summed E-state index contributed by atoms with van der Waals surface area (Å²) in [5, 5.41) is 0. The third-order valence-electron chi connectivity index (χ3n) is 2.58. The molecule has 0 atom stereocenters. The van der Waals surface area contributed by atoms with Crippen LogP contribution in [-0.4, -0.2) is 28.4 Å². The minimum atomic E-state index is 0. The number of ether oxygens (including phenoxy) is 2. The normalized spacial score (nSPS) is 8.33. The van der Waals surface area contributed by atoms with Gasteiger partial charge in [0, 0.05) is 28.4 Å². The zero-order valence-corrected chi connectivity index (χ0v) is 25.8. The fourth-order valence-electron chi connectivity index (χ4n) is 1.48. The molecule has 3 aromatic carbocycles. The highest BCUT2D eigenvalue weighted by Crippen LogP contribution is 2.08. The van der Waals surface area contributed by atoms with Gasteiger partial charge in [-0.1, -0.05) is 188 Å². The highest BCUT2D eigenvalue weighted by atomic mass is 16.5. The van der Waals surface area contributed by atoms with Gasteiger partial charge in [-0.25, -0.2) is 0 Å². The summed E-state index contributed by atoms with van der Waals surface area (Å²) in [6, 6.07) is 34.5. The van der Waals surface area contributed by atoms with Crippen molar-refractivity contribution in [3.8, 4) is 0 Å². The van der Waals surface area contributed by atoms with Crippen molar-refractivity contribution in [1.82, 2.24) is 0 Å². The average molecular weight is 547 g/mol. The van der Waals surface area contributed by atoms with Crippen molar-refractivity contribution in [1.29, 1.82) is 0 Å². The number of aryl methyl sites for hydroxylation is 1. The number of rotatable bonds is 1. The van der Waals surface area contributed by atoms with Gasteiger partial charge in [0.1, 0.15) is 0 Å². The van der Waals surface area contributed by atoms with Crippen LogP contribution < -0.4 is 0 Å². The maximum absolute atomic E-state index is 4.25. The van der Waals surface area contributed by atoms with Crippen molar-refractivity contribution in [2.45, 2.75) is 91.0 Å². The standard InChI is InChI=1S/C8H10.2C6H6.2C5H12.2C2H6O.3CH4/c1-2-8-6-4-3-5-7-8;2*1-2-4-6-5-3-1;2*1-5(2,3)4;2*1-3-2;;;/h3-7H,2H2,1H3;2*1-6H;2*1-4H3;2*1-2H3;3*1H4. The van der Waals surface area contributed by atoms with Gasteiger partial charge in [-0.2, -0.15) is 0 Å². The predicted octanol–water partition coefficient (Wildman–Crippen LogP) is 12.2. The average Bonchev–Trinajstić information content (AvgIpc) is 2.82. The van der Waals surface area contributed by atoms with Crippen LogP contribution in [-0.2, 0) is 15.9 Å². The van der Waals surface area contributed by atoms with E-state index in [9.17, 15) is 0 Å². The number of hydrogen-bond acceptors (Lipinski definition) is 2. The van der Waals surface area contributed by atoms with Crippen LogP contribution in [0, 0.1) is 10.8 Å². The van der Waals surface area contributed by atoms with Crippen LogP contribution in [0.2, 0.25) is 0 Å². The Labute approximate surface area is 248 Å². The first-order valence-corrected chi connectivity index (χ1v) is 12.6. The van der Waals surface area contributed by atoms with Crippen molar-refractivity contribution >= 4 is 0 Å². The maximum Gasteiger partial charge on any atom is 0.0351 e. The molecule has 0 bridgehead atoms. The van der Waals surface area contributed by atoms with Gasteiger partial charge in [-0.3, -0.25) is 0 Å². The Balaban J connectivity index is -0.0000000620. The van der Waals surface area contributed by atoms with E-state index in [2.05, 4.69) is 96.1 Å². The Hall–Kier alpha value is -2.42. The molecule has 0 heterocycles. The molecule has 2 heteroatoms. The zero-order chi connectivity index (χ0) is 28.7. The Morgan fingerprint density at radius 3 is 0.641 bits per heavy atom. The lowest BCUT2D eigenvalue weighted by Crippen LogP contribution is -1.93. The summed E-state index contributed by atoms with van der Waals surface area (Å²) in [4.78, 5) is 0. The minimum Gasteiger partial charge on any atom is -0.388 e. The van der Waals surface area contributed by atoms with Gasteiger partial charge in [-0.05, 0) is 22.8 Å². The second-order valence-corrected chi connectivity index (χ2v) is 11.0. The monoisotopic (exact) mass is 547 g/mol. The predicted molar refractivity (Wildman–Crippen MR) is 185 cm³/mol. The molecule has 0 amide bonds. The van der Waals surface area contributed by atoms with Crippen LogP contribution in [0.5, 0.6) is 0 Å². The molecule has 2 nitrogen and oxygen atoms in total. The molecule has 0 aliphatic rings. The fourth-order valence-corrected chi connectivity index (χ4v) is 1.48. The Kier molecular flexibility index (Phi) is 54.4. The molecule has 3 rings (SSSR count). The maximum atomic E-state index is 4.25. The SMILES string of the molecule is C.C.C.CC(C)(C)C.CC(C)(C)C.CCc1ccccc1.COC.COC.c1ccccc1.c1ccccc1. The van der Waals surface area contributed by atoms with Gasteiger partial charge in [0.15, 0.2) is 0 Å². The van der Waals surface area contributed by atoms with Crippen LogP contribution in [0.1, 0.15) is 90.2 Å². The lowest BCUT2D eigenvalue weighted by Gasteiger charge is -2.05. The molecule has 0 aromatic heterocycles. The summed E-state index contributed by atoms with van der Waals surface area (Å²) in [7, 11) is 6.50. The molecule has 0 saturated heterocycles. The van der Waals surface area contributed by atoms with Crippen LogP contribution >= 0.6 is 0 Å². The minimum absolute atomic E-state index is 0. The lowest BCUT2D eigenvalue weighted by atomic mass is 10.0. The number of benzene rings is 3. The second-order valence-electron chi connectivity index (χ2n) is 11.0. The molecule has 0 saturated carbocycles. The number of methoxy groups -OCH3 is 2. The van der Waals surface area contributed by atoms with Gasteiger partial charge >= 0.3 is 0 Å². The molecule has 3 aromatic rings. The third-order valence-corrected chi connectivity index (χ3v) is 2.58. The third kappa shape index (κ3) is 105. The van der Waals surface area contributed by atoms with E-state index in [0.29, 0.717) is 10.8 Å². The zero-order valence-electron chi connectivity index (χ0n) is 25.8. The van der Waals surface area contributed by atoms with Gasteiger partial charge in [0.25, 0.3) is 0 Å². The highest BCUT2D eigenvalue weighted by Gasteiger charge is 1.96. The smallest absolute Gasteiger partial charge is 0.0351 e. The van der Waals surface area contributed by atoms with E-state index < -0.39 is 0 Å². The lowest BCUT2D eigenvalue weighted by molar-refractivity contribution is 0.277. The van der Waals surface area contributed by atoms with Crippen molar-refractivity contribution in [3.05, 3.63) is 109 Å². The summed E-state index contributed by atoms with van der Waals surface area (Å²) in [5.74, 6) is 0. The van der Waals surface area contributed by atoms with E-state index >= 15 is 0 Å². The van der Waals surface area contributed by atoms with Crippen LogP contribution in [0.25, 0.3) is 0 Å². The molecule has 0 fully saturated rings. The molecule has 0 aliphatic carbocycles. The summed E-state index contributed by atoms with van der Waals surface area (Å²) in [6.45, 7) is 19.7. The molecule has 0 radical (unpaired) electrons. The Morgan fingerprint density at radius 2 is 0.538 bits per heavy atom. The first-order chi connectivity index (χ1) is 16.8. The van der Waals surface area contributed by atoms with Crippen molar-refractivity contribution in [2.24, 2.45) is 10.8 Å². The molecule has 0 unspecified atom stereocenters. The quantitative estimate of drug-likeness (QED) is 0.302. The van der Waals surface area contributed by atoms with E-state index in [0.717, 1.165) is 6.42 Å². The first kappa shape index (κ1) is 52.9. The summed E-state index contributed by atoms with van der Waals surface area (Å²) < 4.78 is 8.50.